The monoisotopic (exact) mass is 329 g/mol. The van der Waals surface area contributed by atoms with E-state index in [4.69, 9.17) is 4.74 Å². The third-order valence-electron chi connectivity index (χ3n) is 3.34. The maximum absolute atomic E-state index is 12.7. The second-order valence-corrected chi connectivity index (χ2v) is 5.40. The lowest BCUT2D eigenvalue weighted by Gasteiger charge is -2.08. The molecule has 1 unspecified atom stereocenters. The SMILES string of the molecule is CC(F)CCCOc1ccc(O)c(C(=O)/C=C/c2ccccn2)c1. The summed E-state index contributed by atoms with van der Waals surface area (Å²) in [6, 6.07) is 9.85. The zero-order valence-electron chi connectivity index (χ0n) is 13.5. The van der Waals surface area contributed by atoms with Crippen LogP contribution in [-0.2, 0) is 0 Å². The highest BCUT2D eigenvalue weighted by atomic mass is 19.1. The van der Waals surface area contributed by atoms with E-state index in [2.05, 4.69) is 4.98 Å². The summed E-state index contributed by atoms with van der Waals surface area (Å²) in [5.41, 5.74) is 0.802. The van der Waals surface area contributed by atoms with Crippen molar-refractivity contribution in [3.05, 3.63) is 59.9 Å². The van der Waals surface area contributed by atoms with Gasteiger partial charge in [-0.3, -0.25) is 9.78 Å². The Morgan fingerprint density at radius 1 is 1.38 bits per heavy atom. The van der Waals surface area contributed by atoms with E-state index < -0.39 is 6.17 Å². The van der Waals surface area contributed by atoms with Crippen LogP contribution in [0.1, 0.15) is 35.8 Å². The van der Waals surface area contributed by atoms with Crippen LogP contribution in [0.2, 0.25) is 0 Å². The fraction of sp³-hybridized carbons (Fsp3) is 0.263. The van der Waals surface area contributed by atoms with Gasteiger partial charge in [0.2, 0.25) is 0 Å². The van der Waals surface area contributed by atoms with Crippen molar-refractivity contribution < 1.29 is 19.0 Å². The number of aromatic hydroxyl groups is 1. The summed E-state index contributed by atoms with van der Waals surface area (Å²) in [5, 5.41) is 9.87. The maximum Gasteiger partial charge on any atom is 0.189 e. The number of carbonyl (C=O) groups excluding carboxylic acids is 1. The number of aromatic nitrogens is 1. The fourth-order valence-corrected chi connectivity index (χ4v) is 2.08. The molecule has 0 fully saturated rings. The normalized spacial score (nSPS) is 12.2. The summed E-state index contributed by atoms with van der Waals surface area (Å²) in [4.78, 5) is 16.3. The Morgan fingerprint density at radius 2 is 2.21 bits per heavy atom. The molecule has 0 aliphatic carbocycles. The van der Waals surface area contributed by atoms with Crippen LogP contribution in [0.15, 0.2) is 48.7 Å². The minimum absolute atomic E-state index is 0.115. The first kappa shape index (κ1) is 17.7. The molecule has 1 atom stereocenters. The molecule has 2 aromatic rings. The number of carbonyl (C=O) groups is 1. The minimum Gasteiger partial charge on any atom is -0.507 e. The number of phenolic OH excluding ortho intramolecular Hbond substituents is 1. The average Bonchev–Trinajstić information content (AvgIpc) is 2.58. The van der Waals surface area contributed by atoms with Crippen molar-refractivity contribution in [2.45, 2.75) is 25.9 Å². The molecule has 24 heavy (non-hydrogen) atoms. The number of phenols is 1. The van der Waals surface area contributed by atoms with Crippen LogP contribution in [-0.4, -0.2) is 28.7 Å². The molecule has 0 saturated carbocycles. The highest BCUT2D eigenvalue weighted by molar-refractivity contribution is 6.08. The number of rotatable bonds is 8. The van der Waals surface area contributed by atoms with Gasteiger partial charge in [-0.05, 0) is 62.2 Å². The van der Waals surface area contributed by atoms with Crippen LogP contribution in [0.5, 0.6) is 11.5 Å². The summed E-state index contributed by atoms with van der Waals surface area (Å²) in [6.07, 6.45) is 4.72. The third kappa shape index (κ3) is 5.50. The molecular formula is C19H20FNO3. The molecule has 1 N–H and O–H groups in total. The summed E-state index contributed by atoms with van der Waals surface area (Å²) >= 11 is 0. The molecule has 1 heterocycles. The Labute approximate surface area is 140 Å². The van der Waals surface area contributed by atoms with Crippen molar-refractivity contribution >= 4 is 11.9 Å². The topological polar surface area (TPSA) is 59.4 Å². The number of halogens is 1. The van der Waals surface area contributed by atoms with Gasteiger partial charge in [-0.15, -0.1) is 0 Å². The molecule has 1 aromatic carbocycles. The number of pyridine rings is 1. The summed E-state index contributed by atoms with van der Waals surface area (Å²) in [7, 11) is 0. The first-order valence-corrected chi connectivity index (χ1v) is 7.79. The van der Waals surface area contributed by atoms with E-state index in [9.17, 15) is 14.3 Å². The van der Waals surface area contributed by atoms with Crippen LogP contribution < -0.4 is 4.74 Å². The van der Waals surface area contributed by atoms with Gasteiger partial charge >= 0.3 is 0 Å². The predicted molar refractivity (Wildman–Crippen MR) is 91.0 cm³/mol. The highest BCUT2D eigenvalue weighted by Crippen LogP contribution is 2.24. The van der Waals surface area contributed by atoms with Gasteiger partial charge in [0, 0.05) is 6.20 Å². The zero-order valence-corrected chi connectivity index (χ0v) is 13.5. The molecule has 0 spiro atoms. The Bertz CT molecular complexity index is 699. The van der Waals surface area contributed by atoms with Gasteiger partial charge in [0.15, 0.2) is 5.78 Å². The van der Waals surface area contributed by atoms with Crippen molar-refractivity contribution in [2.24, 2.45) is 0 Å². The Balaban J connectivity index is 2.02. The van der Waals surface area contributed by atoms with Crippen LogP contribution in [0.4, 0.5) is 4.39 Å². The number of hydrogen-bond donors (Lipinski definition) is 1. The van der Waals surface area contributed by atoms with Gasteiger partial charge in [-0.1, -0.05) is 6.07 Å². The second-order valence-electron chi connectivity index (χ2n) is 5.40. The van der Waals surface area contributed by atoms with Gasteiger partial charge in [0.05, 0.1) is 24.0 Å². The number of nitrogens with zero attached hydrogens (tertiary/aromatic N) is 1. The number of alkyl halides is 1. The number of benzene rings is 1. The van der Waals surface area contributed by atoms with Crippen LogP contribution >= 0.6 is 0 Å². The summed E-state index contributed by atoms with van der Waals surface area (Å²) in [6.45, 7) is 1.86. The van der Waals surface area contributed by atoms with E-state index in [-0.39, 0.29) is 17.1 Å². The molecule has 126 valence electrons. The number of ketones is 1. The molecule has 1 aromatic heterocycles. The summed E-state index contributed by atoms with van der Waals surface area (Å²) < 4.78 is 18.2. The lowest BCUT2D eigenvalue weighted by Crippen LogP contribution is -2.02. The summed E-state index contributed by atoms with van der Waals surface area (Å²) in [5.74, 6) is 0.00489. The Kier molecular flexibility index (Phi) is 6.49. The van der Waals surface area contributed by atoms with Crippen molar-refractivity contribution in [1.29, 1.82) is 0 Å². The number of allylic oxidation sites excluding steroid dienone is 1. The van der Waals surface area contributed by atoms with Crippen molar-refractivity contribution in [3.8, 4) is 11.5 Å². The van der Waals surface area contributed by atoms with E-state index in [1.165, 1.54) is 25.1 Å². The average molecular weight is 329 g/mol. The lowest BCUT2D eigenvalue weighted by atomic mass is 10.1. The van der Waals surface area contributed by atoms with Crippen LogP contribution in [0.3, 0.4) is 0 Å². The second kappa shape index (κ2) is 8.82. The van der Waals surface area contributed by atoms with Crippen molar-refractivity contribution in [1.82, 2.24) is 4.98 Å². The standard InChI is InChI=1S/C19H20FNO3/c1-14(20)5-4-12-24-16-8-10-19(23)17(13-16)18(22)9-7-15-6-2-3-11-21-15/h2-3,6-11,13-14,23H,4-5,12H2,1H3/b9-7+. The largest absolute Gasteiger partial charge is 0.507 e. The zero-order chi connectivity index (χ0) is 17.4. The molecule has 0 aliphatic rings. The minimum atomic E-state index is -0.859. The van der Waals surface area contributed by atoms with Gasteiger partial charge in [-0.25, -0.2) is 4.39 Å². The molecule has 0 amide bonds. The van der Waals surface area contributed by atoms with Gasteiger partial charge in [0.1, 0.15) is 11.5 Å². The lowest BCUT2D eigenvalue weighted by molar-refractivity contribution is 0.104. The van der Waals surface area contributed by atoms with Crippen molar-refractivity contribution in [2.75, 3.05) is 6.61 Å². The molecule has 4 nitrogen and oxygen atoms in total. The Morgan fingerprint density at radius 3 is 2.92 bits per heavy atom. The van der Waals surface area contributed by atoms with Crippen LogP contribution in [0, 0.1) is 0 Å². The first-order chi connectivity index (χ1) is 11.6. The van der Waals surface area contributed by atoms with Gasteiger partial charge in [-0.2, -0.15) is 0 Å². The van der Waals surface area contributed by atoms with E-state index in [1.807, 2.05) is 6.07 Å². The quantitative estimate of drug-likeness (QED) is 0.448. The molecule has 0 radical (unpaired) electrons. The van der Waals surface area contributed by atoms with E-state index in [1.54, 1.807) is 30.5 Å². The predicted octanol–water partition coefficient (Wildman–Crippen LogP) is 4.20. The first-order valence-electron chi connectivity index (χ1n) is 7.79. The Hall–Kier alpha value is -2.69. The molecule has 0 saturated heterocycles. The smallest absolute Gasteiger partial charge is 0.189 e. The molecule has 0 aliphatic heterocycles. The number of hydrogen-bond acceptors (Lipinski definition) is 4. The number of ether oxygens (including phenoxy) is 1. The molecule has 2 rings (SSSR count). The van der Waals surface area contributed by atoms with E-state index >= 15 is 0 Å². The highest BCUT2D eigenvalue weighted by Gasteiger charge is 2.10. The van der Waals surface area contributed by atoms with Gasteiger partial charge < -0.3 is 9.84 Å². The molecular weight excluding hydrogens is 309 g/mol. The van der Waals surface area contributed by atoms with Gasteiger partial charge in [0.25, 0.3) is 0 Å². The van der Waals surface area contributed by atoms with Crippen LogP contribution in [0.25, 0.3) is 6.08 Å². The molecule has 5 heteroatoms. The maximum atomic E-state index is 12.7. The molecule has 0 bridgehead atoms. The van der Waals surface area contributed by atoms with E-state index in [0.29, 0.717) is 30.9 Å². The third-order valence-corrected chi connectivity index (χ3v) is 3.34. The van der Waals surface area contributed by atoms with Crippen molar-refractivity contribution in [3.63, 3.8) is 0 Å². The fourth-order valence-electron chi connectivity index (χ4n) is 2.08. The van der Waals surface area contributed by atoms with E-state index in [0.717, 1.165) is 0 Å².